The molecule has 4 unspecified atom stereocenters. The number of aromatic nitrogens is 4. The van der Waals surface area contributed by atoms with Crippen molar-refractivity contribution in [2.75, 3.05) is 0 Å². The van der Waals surface area contributed by atoms with Crippen LogP contribution in [0.25, 0.3) is 11.2 Å². The molecule has 0 radical (unpaired) electrons. The van der Waals surface area contributed by atoms with Gasteiger partial charge in [0.1, 0.15) is 11.3 Å². The van der Waals surface area contributed by atoms with Crippen LogP contribution in [-0.2, 0) is 13.1 Å². The maximum atomic E-state index is 12.8. The summed E-state index contributed by atoms with van der Waals surface area (Å²) in [6, 6.07) is 0. The van der Waals surface area contributed by atoms with Crippen molar-refractivity contribution < 1.29 is 0 Å². The Hall–Kier alpha value is -1.85. The van der Waals surface area contributed by atoms with Gasteiger partial charge in [-0.1, -0.05) is 20.8 Å². The van der Waals surface area contributed by atoms with Crippen molar-refractivity contribution in [2.45, 2.75) is 71.9 Å². The molecule has 4 rings (SSSR count). The molecule has 0 amide bonds. The summed E-state index contributed by atoms with van der Waals surface area (Å²) in [5.74, 6) is 3.52. The average molecular weight is 344 g/mol. The van der Waals surface area contributed by atoms with Crippen molar-refractivity contribution >= 4 is 11.2 Å². The fourth-order valence-corrected chi connectivity index (χ4v) is 5.22. The maximum Gasteiger partial charge on any atom is 0.332 e. The van der Waals surface area contributed by atoms with Crippen LogP contribution in [0.3, 0.4) is 0 Å². The van der Waals surface area contributed by atoms with Crippen LogP contribution < -0.4 is 11.2 Å². The van der Waals surface area contributed by atoms with Crippen LogP contribution in [-0.4, -0.2) is 19.1 Å². The van der Waals surface area contributed by atoms with Gasteiger partial charge in [-0.3, -0.25) is 13.9 Å². The van der Waals surface area contributed by atoms with Crippen LogP contribution in [0.5, 0.6) is 0 Å². The SMILES string of the molecule is CCCn1c(=O)c2[nH]c(C3CC4CC(C)C3C4)nc2n(CCC)c1=O. The van der Waals surface area contributed by atoms with E-state index in [4.69, 9.17) is 4.98 Å². The van der Waals surface area contributed by atoms with Crippen LogP contribution in [0.15, 0.2) is 9.59 Å². The molecular formula is C19H28N4O2. The Balaban J connectivity index is 1.87. The zero-order chi connectivity index (χ0) is 17.7. The minimum absolute atomic E-state index is 0.218. The van der Waals surface area contributed by atoms with Gasteiger partial charge < -0.3 is 4.98 Å². The van der Waals surface area contributed by atoms with E-state index in [1.165, 1.54) is 17.4 Å². The van der Waals surface area contributed by atoms with Crippen LogP contribution in [0.1, 0.15) is 64.6 Å². The lowest BCUT2D eigenvalue weighted by atomic mass is 9.81. The first-order chi connectivity index (χ1) is 12.0. The van der Waals surface area contributed by atoms with Gasteiger partial charge in [0.05, 0.1) is 0 Å². The number of hydrogen-bond donors (Lipinski definition) is 1. The van der Waals surface area contributed by atoms with Crippen molar-refractivity contribution in [1.29, 1.82) is 0 Å². The van der Waals surface area contributed by atoms with E-state index in [1.807, 2.05) is 13.8 Å². The molecule has 0 spiro atoms. The molecule has 0 aromatic carbocycles. The van der Waals surface area contributed by atoms with Gasteiger partial charge in [-0.2, -0.15) is 0 Å². The van der Waals surface area contributed by atoms with Crippen LogP contribution in [0.2, 0.25) is 0 Å². The molecule has 0 aliphatic heterocycles. The predicted octanol–water partition coefficient (Wildman–Crippen LogP) is 2.86. The Labute approximate surface area is 147 Å². The molecule has 2 bridgehead atoms. The number of aromatic amines is 1. The number of fused-ring (bicyclic) bond motifs is 3. The van der Waals surface area contributed by atoms with Gasteiger partial charge in [-0.15, -0.1) is 0 Å². The largest absolute Gasteiger partial charge is 0.336 e. The van der Waals surface area contributed by atoms with E-state index in [2.05, 4.69) is 11.9 Å². The van der Waals surface area contributed by atoms with E-state index in [9.17, 15) is 9.59 Å². The van der Waals surface area contributed by atoms with Gasteiger partial charge in [0, 0.05) is 19.0 Å². The lowest BCUT2D eigenvalue weighted by Gasteiger charge is -2.25. The predicted molar refractivity (Wildman–Crippen MR) is 97.9 cm³/mol. The Morgan fingerprint density at radius 2 is 1.80 bits per heavy atom. The number of rotatable bonds is 5. The molecule has 2 aromatic heterocycles. The van der Waals surface area contributed by atoms with Gasteiger partial charge in [0.15, 0.2) is 5.65 Å². The highest BCUT2D eigenvalue weighted by molar-refractivity contribution is 5.70. The van der Waals surface area contributed by atoms with Crippen molar-refractivity contribution in [2.24, 2.45) is 17.8 Å². The second-order valence-electron chi connectivity index (χ2n) is 8.03. The summed E-state index contributed by atoms with van der Waals surface area (Å²) in [4.78, 5) is 33.7. The summed E-state index contributed by atoms with van der Waals surface area (Å²) in [6.07, 6.45) is 5.37. The first-order valence-electron chi connectivity index (χ1n) is 9.78. The number of nitrogens with one attached hydrogen (secondary N) is 1. The van der Waals surface area contributed by atoms with E-state index in [-0.39, 0.29) is 11.2 Å². The second-order valence-corrected chi connectivity index (χ2v) is 8.03. The fourth-order valence-electron chi connectivity index (χ4n) is 5.22. The molecule has 2 aliphatic rings. The quantitative estimate of drug-likeness (QED) is 0.906. The fraction of sp³-hybridized carbons (Fsp3) is 0.737. The minimum atomic E-state index is -0.222. The van der Waals surface area contributed by atoms with E-state index in [0.717, 1.165) is 36.9 Å². The molecule has 0 saturated heterocycles. The van der Waals surface area contributed by atoms with Crippen molar-refractivity contribution in [3.8, 4) is 0 Å². The summed E-state index contributed by atoms with van der Waals surface area (Å²) in [5, 5.41) is 0. The van der Waals surface area contributed by atoms with Gasteiger partial charge in [-0.05, 0) is 49.9 Å². The Morgan fingerprint density at radius 1 is 1.08 bits per heavy atom. The second kappa shape index (κ2) is 6.15. The standard InChI is InChI=1S/C19H28N4O2/c1-4-6-22-17-15(18(24)23(7-5-2)19(22)25)20-16(21-17)14-10-12-8-11(3)13(14)9-12/h11-14H,4-10H2,1-3H3,(H,20,21). The van der Waals surface area contributed by atoms with Crippen molar-refractivity contribution in [3.63, 3.8) is 0 Å². The summed E-state index contributed by atoms with van der Waals surface area (Å²) in [7, 11) is 0. The zero-order valence-corrected chi connectivity index (χ0v) is 15.4. The highest BCUT2D eigenvalue weighted by atomic mass is 16.2. The molecule has 4 atom stereocenters. The summed E-state index contributed by atoms with van der Waals surface area (Å²) in [6.45, 7) is 7.41. The Kier molecular flexibility index (Phi) is 4.08. The van der Waals surface area contributed by atoms with Crippen molar-refractivity contribution in [3.05, 3.63) is 26.7 Å². The Bertz CT molecular complexity index is 907. The molecular weight excluding hydrogens is 316 g/mol. The third kappa shape index (κ3) is 2.49. The summed E-state index contributed by atoms with van der Waals surface area (Å²) in [5.41, 5.74) is 0.617. The molecule has 2 aliphatic carbocycles. The molecule has 2 fully saturated rings. The Morgan fingerprint density at radius 3 is 2.44 bits per heavy atom. The van der Waals surface area contributed by atoms with E-state index < -0.39 is 0 Å². The van der Waals surface area contributed by atoms with Crippen LogP contribution in [0.4, 0.5) is 0 Å². The minimum Gasteiger partial charge on any atom is -0.336 e. The van der Waals surface area contributed by atoms with E-state index in [1.54, 1.807) is 4.57 Å². The van der Waals surface area contributed by atoms with Crippen LogP contribution in [0, 0.1) is 17.8 Å². The molecule has 2 saturated carbocycles. The molecule has 6 heteroatoms. The molecule has 1 N–H and O–H groups in total. The van der Waals surface area contributed by atoms with Gasteiger partial charge >= 0.3 is 5.69 Å². The first-order valence-corrected chi connectivity index (χ1v) is 9.78. The summed E-state index contributed by atoms with van der Waals surface area (Å²) >= 11 is 0. The highest BCUT2D eigenvalue weighted by Crippen LogP contribution is 2.55. The third-order valence-corrected chi connectivity index (χ3v) is 6.27. The van der Waals surface area contributed by atoms with Gasteiger partial charge in [-0.25, -0.2) is 9.78 Å². The monoisotopic (exact) mass is 344 g/mol. The van der Waals surface area contributed by atoms with Crippen LogP contribution >= 0.6 is 0 Å². The smallest absolute Gasteiger partial charge is 0.332 e. The van der Waals surface area contributed by atoms with E-state index in [0.29, 0.717) is 36.1 Å². The number of hydrogen-bond acceptors (Lipinski definition) is 3. The summed E-state index contributed by atoms with van der Waals surface area (Å²) < 4.78 is 3.05. The lowest BCUT2D eigenvalue weighted by molar-refractivity contribution is 0.309. The normalized spacial score (nSPS) is 28.3. The highest BCUT2D eigenvalue weighted by Gasteiger charge is 2.46. The maximum absolute atomic E-state index is 12.8. The number of H-pyrrole nitrogens is 1. The van der Waals surface area contributed by atoms with Crippen molar-refractivity contribution in [1.82, 2.24) is 19.1 Å². The molecule has 2 heterocycles. The molecule has 136 valence electrons. The lowest BCUT2D eigenvalue weighted by Crippen LogP contribution is -2.40. The average Bonchev–Trinajstić information content (AvgIpc) is 3.28. The molecule has 2 aromatic rings. The van der Waals surface area contributed by atoms with E-state index >= 15 is 0 Å². The zero-order valence-electron chi connectivity index (χ0n) is 15.4. The topological polar surface area (TPSA) is 72.7 Å². The number of nitrogens with zero attached hydrogens (tertiary/aromatic N) is 3. The number of imidazole rings is 1. The molecule has 25 heavy (non-hydrogen) atoms. The third-order valence-electron chi connectivity index (χ3n) is 6.27. The van der Waals surface area contributed by atoms with Gasteiger partial charge in [0.2, 0.25) is 0 Å². The first kappa shape index (κ1) is 16.6. The van der Waals surface area contributed by atoms with Gasteiger partial charge in [0.25, 0.3) is 5.56 Å². The molecule has 6 nitrogen and oxygen atoms in total. The number of aryl methyl sites for hydroxylation is 1.